The quantitative estimate of drug-likeness (QED) is 0.921. The summed E-state index contributed by atoms with van der Waals surface area (Å²) in [4.78, 5) is 0. The highest BCUT2D eigenvalue weighted by Crippen LogP contribution is 2.28. The first kappa shape index (κ1) is 13.1. The molecule has 0 fully saturated rings. The number of anilines is 1. The van der Waals surface area contributed by atoms with E-state index < -0.39 is 0 Å². The minimum atomic E-state index is -0.369. The van der Waals surface area contributed by atoms with Crippen molar-refractivity contribution in [2.24, 2.45) is 7.05 Å². The van der Waals surface area contributed by atoms with Gasteiger partial charge in [-0.05, 0) is 26.0 Å². The van der Waals surface area contributed by atoms with Gasteiger partial charge in [-0.2, -0.15) is 10.4 Å². The standard InChI is InChI=1S/C14H15FN4/c1-9(2)18-14-4-10(6-16)12(5-13(14)15)11-7-17-19(3)8-11/h4-5,7-9,18H,1-3H3. The highest BCUT2D eigenvalue weighted by atomic mass is 19.1. The van der Waals surface area contributed by atoms with Crippen LogP contribution < -0.4 is 5.32 Å². The molecule has 2 aromatic rings. The van der Waals surface area contributed by atoms with Crippen LogP contribution >= 0.6 is 0 Å². The number of nitrogens with zero attached hydrogens (tertiary/aromatic N) is 3. The largest absolute Gasteiger partial charge is 0.380 e. The number of aromatic nitrogens is 2. The van der Waals surface area contributed by atoms with Crippen LogP contribution in [0.3, 0.4) is 0 Å². The van der Waals surface area contributed by atoms with Crippen LogP contribution in [0, 0.1) is 17.1 Å². The number of halogens is 1. The first-order valence-electron chi connectivity index (χ1n) is 6.00. The lowest BCUT2D eigenvalue weighted by atomic mass is 10.0. The zero-order valence-electron chi connectivity index (χ0n) is 11.1. The molecule has 0 spiro atoms. The van der Waals surface area contributed by atoms with Crippen molar-refractivity contribution in [3.8, 4) is 17.2 Å². The number of nitriles is 1. The topological polar surface area (TPSA) is 53.6 Å². The molecule has 2 rings (SSSR count). The maximum Gasteiger partial charge on any atom is 0.146 e. The van der Waals surface area contributed by atoms with Crippen molar-refractivity contribution in [1.82, 2.24) is 9.78 Å². The molecular formula is C14H15FN4. The molecular weight excluding hydrogens is 243 g/mol. The van der Waals surface area contributed by atoms with Gasteiger partial charge in [0.1, 0.15) is 5.82 Å². The minimum absolute atomic E-state index is 0.102. The van der Waals surface area contributed by atoms with E-state index in [0.717, 1.165) is 5.56 Å². The van der Waals surface area contributed by atoms with Crippen molar-refractivity contribution in [3.05, 3.63) is 35.9 Å². The van der Waals surface area contributed by atoms with Crippen molar-refractivity contribution < 1.29 is 4.39 Å². The number of hydrogen-bond donors (Lipinski definition) is 1. The molecule has 0 aliphatic rings. The van der Waals surface area contributed by atoms with Crippen molar-refractivity contribution in [1.29, 1.82) is 5.26 Å². The Bertz CT molecular complexity index is 637. The molecule has 0 unspecified atom stereocenters. The van der Waals surface area contributed by atoms with Crippen LogP contribution in [0.2, 0.25) is 0 Å². The summed E-state index contributed by atoms with van der Waals surface area (Å²) < 4.78 is 15.6. The number of aryl methyl sites for hydroxylation is 1. The predicted octanol–water partition coefficient (Wildman–Crippen LogP) is 2.92. The zero-order valence-corrected chi connectivity index (χ0v) is 11.1. The Morgan fingerprint density at radius 1 is 1.42 bits per heavy atom. The first-order chi connectivity index (χ1) is 9.01. The molecule has 19 heavy (non-hydrogen) atoms. The van der Waals surface area contributed by atoms with Gasteiger partial charge in [-0.15, -0.1) is 0 Å². The lowest BCUT2D eigenvalue weighted by Gasteiger charge is -2.12. The number of nitrogens with one attached hydrogen (secondary N) is 1. The summed E-state index contributed by atoms with van der Waals surface area (Å²) in [7, 11) is 1.78. The number of rotatable bonds is 3. The summed E-state index contributed by atoms with van der Waals surface area (Å²) in [6, 6.07) is 5.12. The molecule has 0 atom stereocenters. The van der Waals surface area contributed by atoms with Crippen molar-refractivity contribution >= 4 is 5.69 Å². The van der Waals surface area contributed by atoms with E-state index in [4.69, 9.17) is 0 Å². The van der Waals surface area contributed by atoms with Crippen LogP contribution in [0.25, 0.3) is 11.1 Å². The van der Waals surface area contributed by atoms with Gasteiger partial charge >= 0.3 is 0 Å². The lowest BCUT2D eigenvalue weighted by Crippen LogP contribution is -2.11. The highest BCUT2D eigenvalue weighted by Gasteiger charge is 2.13. The molecule has 1 aromatic carbocycles. The Morgan fingerprint density at radius 3 is 2.68 bits per heavy atom. The van der Waals surface area contributed by atoms with E-state index in [-0.39, 0.29) is 11.9 Å². The molecule has 0 saturated carbocycles. The molecule has 1 N–H and O–H groups in total. The van der Waals surface area contributed by atoms with Gasteiger partial charge in [0.25, 0.3) is 0 Å². The van der Waals surface area contributed by atoms with E-state index in [0.29, 0.717) is 16.8 Å². The third kappa shape index (κ3) is 2.74. The molecule has 1 heterocycles. The second-order valence-corrected chi connectivity index (χ2v) is 4.69. The molecule has 0 bridgehead atoms. The van der Waals surface area contributed by atoms with E-state index in [1.165, 1.54) is 12.1 Å². The lowest BCUT2D eigenvalue weighted by molar-refractivity contribution is 0.628. The van der Waals surface area contributed by atoms with Crippen molar-refractivity contribution in [2.45, 2.75) is 19.9 Å². The fourth-order valence-electron chi connectivity index (χ4n) is 1.89. The van der Waals surface area contributed by atoms with Gasteiger partial charge in [0, 0.05) is 30.4 Å². The van der Waals surface area contributed by atoms with Crippen LogP contribution in [0.1, 0.15) is 19.4 Å². The van der Waals surface area contributed by atoms with Gasteiger partial charge in [-0.25, -0.2) is 4.39 Å². The van der Waals surface area contributed by atoms with E-state index in [1.54, 1.807) is 24.1 Å². The summed E-state index contributed by atoms with van der Waals surface area (Å²) in [5.41, 5.74) is 2.06. The van der Waals surface area contributed by atoms with E-state index in [1.807, 2.05) is 13.8 Å². The Hall–Kier alpha value is -2.35. The van der Waals surface area contributed by atoms with Gasteiger partial charge < -0.3 is 5.32 Å². The molecule has 4 nitrogen and oxygen atoms in total. The minimum Gasteiger partial charge on any atom is -0.380 e. The molecule has 0 saturated heterocycles. The normalized spacial score (nSPS) is 10.5. The third-order valence-corrected chi connectivity index (χ3v) is 2.69. The van der Waals surface area contributed by atoms with E-state index in [2.05, 4.69) is 16.5 Å². The van der Waals surface area contributed by atoms with E-state index in [9.17, 15) is 9.65 Å². The van der Waals surface area contributed by atoms with Crippen LogP contribution in [0.15, 0.2) is 24.5 Å². The molecule has 5 heteroatoms. The fraction of sp³-hybridized carbons (Fsp3) is 0.286. The SMILES string of the molecule is CC(C)Nc1cc(C#N)c(-c2cnn(C)c2)cc1F. The average Bonchev–Trinajstić information content (AvgIpc) is 2.77. The van der Waals surface area contributed by atoms with Crippen LogP contribution in [0.4, 0.5) is 10.1 Å². The maximum absolute atomic E-state index is 14.0. The summed E-state index contributed by atoms with van der Waals surface area (Å²) in [5, 5.41) is 16.2. The molecule has 0 aliphatic heterocycles. The predicted molar refractivity (Wildman–Crippen MR) is 72.1 cm³/mol. The summed E-state index contributed by atoms with van der Waals surface area (Å²) in [6.45, 7) is 3.83. The van der Waals surface area contributed by atoms with Gasteiger partial charge in [-0.3, -0.25) is 4.68 Å². The average molecular weight is 258 g/mol. The Kier molecular flexibility index (Phi) is 3.52. The molecule has 0 amide bonds. The van der Waals surface area contributed by atoms with Gasteiger partial charge in [0.2, 0.25) is 0 Å². The zero-order chi connectivity index (χ0) is 14.0. The summed E-state index contributed by atoms with van der Waals surface area (Å²) in [5.74, 6) is -0.369. The second kappa shape index (κ2) is 5.11. The van der Waals surface area contributed by atoms with E-state index >= 15 is 0 Å². The van der Waals surface area contributed by atoms with Crippen LogP contribution in [0.5, 0.6) is 0 Å². The summed E-state index contributed by atoms with van der Waals surface area (Å²) in [6.07, 6.45) is 3.37. The molecule has 0 aliphatic carbocycles. The van der Waals surface area contributed by atoms with Crippen LogP contribution in [-0.4, -0.2) is 15.8 Å². The second-order valence-electron chi connectivity index (χ2n) is 4.69. The monoisotopic (exact) mass is 258 g/mol. The Balaban J connectivity index is 2.52. The molecule has 1 aromatic heterocycles. The summed E-state index contributed by atoms with van der Waals surface area (Å²) >= 11 is 0. The molecule has 0 radical (unpaired) electrons. The van der Waals surface area contributed by atoms with Gasteiger partial charge in [0.15, 0.2) is 0 Å². The smallest absolute Gasteiger partial charge is 0.146 e. The maximum atomic E-state index is 14.0. The van der Waals surface area contributed by atoms with Gasteiger partial charge in [0.05, 0.1) is 23.5 Å². The Morgan fingerprint density at radius 2 is 2.16 bits per heavy atom. The first-order valence-corrected chi connectivity index (χ1v) is 6.00. The Labute approximate surface area is 111 Å². The van der Waals surface area contributed by atoms with Crippen molar-refractivity contribution in [3.63, 3.8) is 0 Å². The number of hydrogen-bond acceptors (Lipinski definition) is 3. The highest BCUT2D eigenvalue weighted by molar-refractivity contribution is 5.73. The number of benzene rings is 1. The van der Waals surface area contributed by atoms with Crippen LogP contribution in [-0.2, 0) is 7.05 Å². The third-order valence-electron chi connectivity index (χ3n) is 2.69. The fourth-order valence-corrected chi connectivity index (χ4v) is 1.89. The van der Waals surface area contributed by atoms with Gasteiger partial charge in [-0.1, -0.05) is 0 Å². The van der Waals surface area contributed by atoms with Crippen molar-refractivity contribution in [2.75, 3.05) is 5.32 Å². The molecule has 98 valence electrons.